The van der Waals surface area contributed by atoms with Crippen molar-refractivity contribution in [3.8, 4) is 0 Å². The summed E-state index contributed by atoms with van der Waals surface area (Å²) in [6.45, 7) is 5.45. The summed E-state index contributed by atoms with van der Waals surface area (Å²) in [5, 5.41) is 5.93. The van der Waals surface area contributed by atoms with Crippen molar-refractivity contribution in [1.29, 1.82) is 0 Å². The second kappa shape index (κ2) is 5.27. The van der Waals surface area contributed by atoms with Crippen LogP contribution >= 0.6 is 0 Å². The Hall–Kier alpha value is -1.51. The molecule has 0 unspecified atom stereocenters. The van der Waals surface area contributed by atoms with Gasteiger partial charge in [0.05, 0.1) is 0 Å². The minimum atomic E-state index is -0.0211. The van der Waals surface area contributed by atoms with E-state index in [1.807, 2.05) is 38.1 Å². The molecule has 76 valence electrons. The predicted molar refractivity (Wildman–Crippen MR) is 58.6 cm³/mol. The molecule has 0 aromatic heterocycles. The van der Waals surface area contributed by atoms with Gasteiger partial charge < -0.3 is 10.6 Å². The number of benzene rings is 1. The van der Waals surface area contributed by atoms with E-state index in [4.69, 9.17) is 0 Å². The summed E-state index contributed by atoms with van der Waals surface area (Å²) in [4.78, 5) is 11.5. The van der Waals surface area contributed by atoms with Crippen LogP contribution in [0.4, 0.5) is 5.69 Å². The molecule has 0 aliphatic rings. The first kappa shape index (κ1) is 10.6. The number of nitrogens with one attached hydrogen (secondary N) is 2. The molecule has 0 aliphatic carbocycles. The molecule has 1 amide bonds. The number of amides is 1. The van der Waals surface area contributed by atoms with Crippen molar-refractivity contribution in [1.82, 2.24) is 5.32 Å². The van der Waals surface area contributed by atoms with E-state index >= 15 is 0 Å². The lowest BCUT2D eigenvalue weighted by Gasteiger charge is -2.06. The van der Waals surface area contributed by atoms with E-state index < -0.39 is 0 Å². The van der Waals surface area contributed by atoms with Crippen molar-refractivity contribution in [3.63, 3.8) is 0 Å². The molecule has 0 bridgehead atoms. The fourth-order valence-electron chi connectivity index (χ4n) is 1.24. The normalized spacial score (nSPS) is 9.57. The van der Waals surface area contributed by atoms with Crippen LogP contribution in [0.3, 0.4) is 0 Å². The van der Waals surface area contributed by atoms with E-state index in [1.54, 1.807) is 0 Å². The largest absolute Gasteiger partial charge is 0.385 e. The SMILES string of the molecule is CCNC(=O)c1cccc(NCC)c1. The van der Waals surface area contributed by atoms with Crippen LogP contribution in [0.2, 0.25) is 0 Å². The smallest absolute Gasteiger partial charge is 0.251 e. The molecule has 3 heteroatoms. The molecule has 0 spiro atoms. The van der Waals surface area contributed by atoms with Gasteiger partial charge in [-0.05, 0) is 32.0 Å². The maximum Gasteiger partial charge on any atom is 0.251 e. The number of carbonyl (C=O) groups is 1. The van der Waals surface area contributed by atoms with Crippen LogP contribution in [-0.4, -0.2) is 19.0 Å². The molecule has 0 fully saturated rings. The van der Waals surface area contributed by atoms with Crippen molar-refractivity contribution in [2.24, 2.45) is 0 Å². The predicted octanol–water partition coefficient (Wildman–Crippen LogP) is 1.87. The summed E-state index contributed by atoms with van der Waals surface area (Å²) < 4.78 is 0. The van der Waals surface area contributed by atoms with Crippen LogP contribution in [0.5, 0.6) is 0 Å². The van der Waals surface area contributed by atoms with Gasteiger partial charge in [-0.2, -0.15) is 0 Å². The van der Waals surface area contributed by atoms with Gasteiger partial charge in [0.2, 0.25) is 0 Å². The highest BCUT2D eigenvalue weighted by molar-refractivity contribution is 5.95. The molecule has 2 N–H and O–H groups in total. The summed E-state index contributed by atoms with van der Waals surface area (Å²) in [6.07, 6.45) is 0. The fourth-order valence-corrected chi connectivity index (χ4v) is 1.24. The molecule has 1 aromatic carbocycles. The van der Waals surface area contributed by atoms with Gasteiger partial charge in [-0.25, -0.2) is 0 Å². The molecule has 1 rings (SSSR count). The summed E-state index contributed by atoms with van der Waals surface area (Å²) in [5.41, 5.74) is 1.68. The van der Waals surface area contributed by atoms with Gasteiger partial charge >= 0.3 is 0 Å². The quantitative estimate of drug-likeness (QED) is 0.764. The zero-order chi connectivity index (χ0) is 10.4. The number of hydrogen-bond acceptors (Lipinski definition) is 2. The van der Waals surface area contributed by atoms with Crippen molar-refractivity contribution in [2.75, 3.05) is 18.4 Å². The van der Waals surface area contributed by atoms with E-state index in [2.05, 4.69) is 10.6 Å². The molecule has 14 heavy (non-hydrogen) atoms. The molecular formula is C11H16N2O. The summed E-state index contributed by atoms with van der Waals surface area (Å²) in [6, 6.07) is 7.50. The zero-order valence-electron chi connectivity index (χ0n) is 8.63. The highest BCUT2D eigenvalue weighted by Gasteiger charge is 2.03. The standard InChI is InChI=1S/C11H16N2O/c1-3-12-10-7-5-6-9(8-10)11(14)13-4-2/h5-8,12H,3-4H2,1-2H3,(H,13,14). The second-order valence-electron chi connectivity index (χ2n) is 2.97. The second-order valence-corrected chi connectivity index (χ2v) is 2.97. The van der Waals surface area contributed by atoms with Crippen molar-refractivity contribution < 1.29 is 4.79 Å². The van der Waals surface area contributed by atoms with Crippen LogP contribution in [-0.2, 0) is 0 Å². The van der Waals surface area contributed by atoms with E-state index in [1.165, 1.54) is 0 Å². The average molecular weight is 192 g/mol. The first-order valence-electron chi connectivity index (χ1n) is 4.90. The van der Waals surface area contributed by atoms with E-state index in [-0.39, 0.29) is 5.91 Å². The third kappa shape index (κ3) is 2.76. The Morgan fingerprint density at radius 2 is 2.07 bits per heavy atom. The Morgan fingerprint density at radius 3 is 2.71 bits per heavy atom. The number of hydrogen-bond donors (Lipinski definition) is 2. The van der Waals surface area contributed by atoms with Gasteiger partial charge in [0.15, 0.2) is 0 Å². The molecule has 0 aliphatic heterocycles. The number of rotatable bonds is 4. The van der Waals surface area contributed by atoms with Gasteiger partial charge in [0, 0.05) is 24.3 Å². The van der Waals surface area contributed by atoms with E-state index in [9.17, 15) is 4.79 Å². The van der Waals surface area contributed by atoms with Gasteiger partial charge in [-0.1, -0.05) is 6.07 Å². The molecule has 0 radical (unpaired) electrons. The van der Waals surface area contributed by atoms with Gasteiger partial charge in [0.1, 0.15) is 0 Å². The maximum atomic E-state index is 11.5. The molecular weight excluding hydrogens is 176 g/mol. The van der Waals surface area contributed by atoms with Crippen molar-refractivity contribution in [2.45, 2.75) is 13.8 Å². The first-order chi connectivity index (χ1) is 6.77. The number of anilines is 1. The van der Waals surface area contributed by atoms with Gasteiger partial charge in [-0.15, -0.1) is 0 Å². The Labute approximate surface area is 84.5 Å². The lowest BCUT2D eigenvalue weighted by atomic mass is 10.2. The van der Waals surface area contributed by atoms with Crippen molar-refractivity contribution in [3.05, 3.63) is 29.8 Å². The van der Waals surface area contributed by atoms with E-state index in [0.29, 0.717) is 12.1 Å². The first-order valence-corrected chi connectivity index (χ1v) is 4.90. The van der Waals surface area contributed by atoms with Gasteiger partial charge in [0.25, 0.3) is 5.91 Å². The monoisotopic (exact) mass is 192 g/mol. The van der Waals surface area contributed by atoms with Crippen LogP contribution in [0, 0.1) is 0 Å². The van der Waals surface area contributed by atoms with Gasteiger partial charge in [-0.3, -0.25) is 4.79 Å². The maximum absolute atomic E-state index is 11.5. The Bertz CT molecular complexity index is 310. The molecule has 3 nitrogen and oxygen atoms in total. The molecule has 0 saturated heterocycles. The van der Waals surface area contributed by atoms with E-state index in [0.717, 1.165) is 12.2 Å². The summed E-state index contributed by atoms with van der Waals surface area (Å²) >= 11 is 0. The number of carbonyl (C=O) groups excluding carboxylic acids is 1. The van der Waals surface area contributed by atoms with Crippen LogP contribution in [0.1, 0.15) is 24.2 Å². The summed E-state index contributed by atoms with van der Waals surface area (Å²) in [5.74, 6) is -0.0211. The minimum Gasteiger partial charge on any atom is -0.385 e. The fraction of sp³-hybridized carbons (Fsp3) is 0.364. The van der Waals surface area contributed by atoms with Crippen LogP contribution in [0.25, 0.3) is 0 Å². The summed E-state index contributed by atoms with van der Waals surface area (Å²) in [7, 11) is 0. The lowest BCUT2D eigenvalue weighted by molar-refractivity contribution is 0.0956. The molecule has 1 aromatic rings. The lowest BCUT2D eigenvalue weighted by Crippen LogP contribution is -2.22. The molecule has 0 saturated carbocycles. The zero-order valence-corrected chi connectivity index (χ0v) is 8.63. The third-order valence-corrected chi connectivity index (χ3v) is 1.84. The van der Waals surface area contributed by atoms with Crippen LogP contribution < -0.4 is 10.6 Å². The molecule has 0 heterocycles. The average Bonchev–Trinajstić information content (AvgIpc) is 2.19. The Kier molecular flexibility index (Phi) is 3.98. The third-order valence-electron chi connectivity index (χ3n) is 1.84. The highest BCUT2D eigenvalue weighted by atomic mass is 16.1. The minimum absolute atomic E-state index is 0.0211. The molecule has 0 atom stereocenters. The van der Waals surface area contributed by atoms with Crippen molar-refractivity contribution >= 4 is 11.6 Å². The Balaban J connectivity index is 2.77. The Morgan fingerprint density at radius 1 is 1.29 bits per heavy atom. The van der Waals surface area contributed by atoms with Crippen LogP contribution in [0.15, 0.2) is 24.3 Å². The topological polar surface area (TPSA) is 41.1 Å². The highest BCUT2D eigenvalue weighted by Crippen LogP contribution is 2.09.